The molecule has 0 amide bonds. The van der Waals surface area contributed by atoms with Crippen molar-refractivity contribution in [2.75, 3.05) is 0 Å². The van der Waals surface area contributed by atoms with E-state index >= 15 is 0 Å². The number of nitrogens with zero attached hydrogens (tertiary/aromatic N) is 1. The number of rotatable bonds is 3. The highest BCUT2D eigenvalue weighted by molar-refractivity contribution is 6.30. The van der Waals surface area contributed by atoms with Gasteiger partial charge in [-0.05, 0) is 24.3 Å². The summed E-state index contributed by atoms with van der Waals surface area (Å²) in [6, 6.07) is 8.99. The number of benzene rings is 2. The first-order valence-electron chi connectivity index (χ1n) is 5.84. The third-order valence-corrected chi connectivity index (χ3v) is 3.01. The lowest BCUT2D eigenvalue weighted by molar-refractivity contribution is 0.297. The molecule has 1 aromatic heterocycles. The van der Waals surface area contributed by atoms with Gasteiger partial charge in [0.1, 0.15) is 18.2 Å². The zero-order valence-electron chi connectivity index (χ0n) is 10.2. The summed E-state index contributed by atoms with van der Waals surface area (Å²) < 4.78 is 31.7. The minimum absolute atomic E-state index is 0.166. The van der Waals surface area contributed by atoms with Crippen molar-refractivity contribution in [2.24, 2.45) is 0 Å². The molecule has 20 heavy (non-hydrogen) atoms. The second-order valence-corrected chi connectivity index (χ2v) is 4.65. The van der Waals surface area contributed by atoms with Gasteiger partial charge in [-0.25, -0.2) is 13.8 Å². The number of hydrogen-bond acceptors (Lipinski definition) is 2. The predicted octanol–water partition coefficient (Wildman–Crippen LogP) is 4.07. The van der Waals surface area contributed by atoms with Crippen LogP contribution in [0.25, 0.3) is 11.0 Å². The molecule has 0 spiro atoms. The molecule has 3 nitrogen and oxygen atoms in total. The highest BCUT2D eigenvalue weighted by Gasteiger charge is 2.09. The van der Waals surface area contributed by atoms with Crippen LogP contribution in [0.2, 0.25) is 5.02 Å². The number of aromatic amines is 1. The number of fused-ring (bicyclic) bond motifs is 1. The van der Waals surface area contributed by atoms with E-state index in [1.165, 1.54) is 0 Å². The van der Waals surface area contributed by atoms with Gasteiger partial charge < -0.3 is 9.72 Å². The SMILES string of the molecule is Fc1cc2nc(COc3ccc(Cl)cc3)[nH]c2cc1F. The summed E-state index contributed by atoms with van der Waals surface area (Å²) in [5, 5.41) is 0.618. The fourth-order valence-electron chi connectivity index (χ4n) is 1.81. The van der Waals surface area contributed by atoms with E-state index in [1.54, 1.807) is 24.3 Å². The minimum atomic E-state index is -0.922. The Hall–Kier alpha value is -2.14. The van der Waals surface area contributed by atoms with Gasteiger partial charge in [0.15, 0.2) is 11.6 Å². The Labute approximate surface area is 118 Å². The molecule has 3 aromatic rings. The van der Waals surface area contributed by atoms with Gasteiger partial charge in [-0.1, -0.05) is 11.6 Å². The second-order valence-electron chi connectivity index (χ2n) is 4.21. The van der Waals surface area contributed by atoms with Crippen molar-refractivity contribution in [2.45, 2.75) is 6.61 Å². The van der Waals surface area contributed by atoms with Crippen LogP contribution in [0.15, 0.2) is 36.4 Å². The quantitative estimate of drug-likeness (QED) is 0.790. The van der Waals surface area contributed by atoms with E-state index in [4.69, 9.17) is 16.3 Å². The van der Waals surface area contributed by atoms with Crippen LogP contribution in [0.5, 0.6) is 5.75 Å². The Morgan fingerprint density at radius 1 is 1.10 bits per heavy atom. The molecule has 0 atom stereocenters. The van der Waals surface area contributed by atoms with E-state index in [0.717, 1.165) is 12.1 Å². The zero-order chi connectivity index (χ0) is 14.1. The summed E-state index contributed by atoms with van der Waals surface area (Å²) in [5.41, 5.74) is 0.789. The summed E-state index contributed by atoms with van der Waals surface area (Å²) in [6.45, 7) is 0.166. The van der Waals surface area contributed by atoms with Crippen LogP contribution in [0.1, 0.15) is 5.82 Å². The Bertz CT molecular complexity index is 717. The maximum atomic E-state index is 13.1. The van der Waals surface area contributed by atoms with E-state index in [0.29, 0.717) is 27.6 Å². The molecule has 6 heteroatoms. The average Bonchev–Trinajstić information content (AvgIpc) is 2.80. The number of hydrogen-bond donors (Lipinski definition) is 1. The molecule has 0 aliphatic heterocycles. The predicted molar refractivity (Wildman–Crippen MR) is 71.8 cm³/mol. The van der Waals surface area contributed by atoms with Crippen LogP contribution < -0.4 is 4.74 Å². The van der Waals surface area contributed by atoms with E-state index < -0.39 is 11.6 Å². The molecular formula is C14H9ClF2N2O. The van der Waals surface area contributed by atoms with E-state index in [-0.39, 0.29) is 6.61 Å². The molecular weight excluding hydrogens is 286 g/mol. The van der Waals surface area contributed by atoms with Gasteiger partial charge in [0.2, 0.25) is 0 Å². The van der Waals surface area contributed by atoms with Crippen molar-refractivity contribution in [3.63, 3.8) is 0 Å². The number of halogens is 3. The molecule has 0 fully saturated rings. The molecule has 0 aliphatic rings. The topological polar surface area (TPSA) is 37.9 Å². The van der Waals surface area contributed by atoms with Crippen molar-refractivity contribution in [3.8, 4) is 5.75 Å². The fourth-order valence-corrected chi connectivity index (χ4v) is 1.93. The lowest BCUT2D eigenvalue weighted by Gasteiger charge is -2.03. The summed E-state index contributed by atoms with van der Waals surface area (Å²) in [7, 11) is 0. The van der Waals surface area contributed by atoms with Crippen molar-refractivity contribution >= 4 is 22.6 Å². The molecule has 0 saturated carbocycles. The molecule has 1 N–H and O–H groups in total. The largest absolute Gasteiger partial charge is 0.486 e. The highest BCUT2D eigenvalue weighted by atomic mass is 35.5. The Morgan fingerprint density at radius 2 is 1.80 bits per heavy atom. The van der Waals surface area contributed by atoms with Crippen LogP contribution in [0.4, 0.5) is 8.78 Å². The normalized spacial score (nSPS) is 10.9. The lowest BCUT2D eigenvalue weighted by Crippen LogP contribution is -1.97. The van der Waals surface area contributed by atoms with Crippen LogP contribution in [-0.2, 0) is 6.61 Å². The van der Waals surface area contributed by atoms with Gasteiger partial charge in [0.05, 0.1) is 11.0 Å². The van der Waals surface area contributed by atoms with Crippen LogP contribution in [0.3, 0.4) is 0 Å². The number of nitrogens with one attached hydrogen (secondary N) is 1. The molecule has 1 heterocycles. The lowest BCUT2D eigenvalue weighted by atomic mass is 10.3. The smallest absolute Gasteiger partial charge is 0.161 e. The molecule has 0 aliphatic carbocycles. The maximum Gasteiger partial charge on any atom is 0.161 e. The van der Waals surface area contributed by atoms with Crippen LogP contribution in [-0.4, -0.2) is 9.97 Å². The molecule has 0 saturated heterocycles. The average molecular weight is 295 g/mol. The standard InChI is InChI=1S/C14H9ClF2N2O/c15-8-1-3-9(4-2-8)20-7-14-18-12-5-10(16)11(17)6-13(12)19-14/h1-6H,7H2,(H,18,19). The zero-order valence-corrected chi connectivity index (χ0v) is 10.9. The molecule has 102 valence electrons. The molecule has 0 bridgehead atoms. The van der Waals surface area contributed by atoms with Crippen molar-refractivity contribution in [1.29, 1.82) is 0 Å². The van der Waals surface area contributed by atoms with E-state index in [9.17, 15) is 8.78 Å². The second kappa shape index (κ2) is 5.09. The minimum Gasteiger partial charge on any atom is -0.486 e. The first kappa shape index (κ1) is 12.9. The first-order chi connectivity index (χ1) is 9.61. The molecule has 0 unspecified atom stereocenters. The monoisotopic (exact) mass is 294 g/mol. The van der Waals surface area contributed by atoms with Gasteiger partial charge in [-0.2, -0.15) is 0 Å². The third-order valence-electron chi connectivity index (χ3n) is 2.76. The Kier molecular flexibility index (Phi) is 3.28. The molecule has 2 aromatic carbocycles. The van der Waals surface area contributed by atoms with Gasteiger partial charge in [-0.15, -0.1) is 0 Å². The Morgan fingerprint density at radius 3 is 2.55 bits per heavy atom. The van der Waals surface area contributed by atoms with Crippen molar-refractivity contribution in [1.82, 2.24) is 9.97 Å². The van der Waals surface area contributed by atoms with Crippen molar-refractivity contribution < 1.29 is 13.5 Å². The first-order valence-corrected chi connectivity index (χ1v) is 6.21. The highest BCUT2D eigenvalue weighted by Crippen LogP contribution is 2.19. The third kappa shape index (κ3) is 2.58. The summed E-state index contributed by atoms with van der Waals surface area (Å²) in [4.78, 5) is 7.01. The van der Waals surface area contributed by atoms with E-state index in [2.05, 4.69) is 9.97 Å². The summed E-state index contributed by atoms with van der Waals surface area (Å²) in [6.07, 6.45) is 0. The summed E-state index contributed by atoms with van der Waals surface area (Å²) >= 11 is 5.77. The number of ether oxygens (including phenoxy) is 1. The van der Waals surface area contributed by atoms with Gasteiger partial charge in [-0.3, -0.25) is 0 Å². The van der Waals surface area contributed by atoms with Crippen LogP contribution in [0, 0.1) is 11.6 Å². The van der Waals surface area contributed by atoms with Crippen LogP contribution >= 0.6 is 11.6 Å². The van der Waals surface area contributed by atoms with Gasteiger partial charge in [0.25, 0.3) is 0 Å². The Balaban J connectivity index is 1.79. The van der Waals surface area contributed by atoms with Gasteiger partial charge in [0, 0.05) is 17.2 Å². The number of aromatic nitrogens is 2. The number of imidazole rings is 1. The van der Waals surface area contributed by atoms with Crippen molar-refractivity contribution in [3.05, 3.63) is 58.9 Å². The molecule has 3 rings (SSSR count). The fraction of sp³-hybridized carbons (Fsp3) is 0.0714. The van der Waals surface area contributed by atoms with Gasteiger partial charge >= 0.3 is 0 Å². The van der Waals surface area contributed by atoms with E-state index in [1.807, 2.05) is 0 Å². The summed E-state index contributed by atoms with van der Waals surface area (Å²) in [5.74, 6) is -0.715. The molecule has 0 radical (unpaired) electrons. The number of H-pyrrole nitrogens is 1. The maximum absolute atomic E-state index is 13.1.